The molecule has 0 fully saturated rings. The van der Waals surface area contributed by atoms with Crippen LogP contribution in [0, 0.1) is 0 Å². The van der Waals surface area contributed by atoms with E-state index in [9.17, 15) is 4.79 Å². The molecule has 4 nitrogen and oxygen atoms in total. The van der Waals surface area contributed by atoms with Gasteiger partial charge in [0.15, 0.2) is 0 Å². The lowest BCUT2D eigenvalue weighted by molar-refractivity contribution is -0.116. The van der Waals surface area contributed by atoms with Gasteiger partial charge in [0.1, 0.15) is 5.82 Å². The Hall–Kier alpha value is -1.13. The number of carbonyl (C=O) groups excluding carboxylic acids is 1. The second-order valence-corrected chi connectivity index (χ2v) is 4.83. The molecule has 1 heterocycles. The molecule has 5 heteroatoms. The van der Waals surface area contributed by atoms with Gasteiger partial charge >= 0.3 is 0 Å². The first-order valence-corrected chi connectivity index (χ1v) is 5.45. The minimum absolute atomic E-state index is 0.103. The maximum atomic E-state index is 11.5. The number of anilines is 1. The lowest BCUT2D eigenvalue weighted by Gasteiger charge is -2.17. The molecule has 0 aliphatic rings. The summed E-state index contributed by atoms with van der Waals surface area (Å²) < 4.78 is 0. The third-order valence-corrected chi connectivity index (χ3v) is 2.22. The van der Waals surface area contributed by atoms with Crippen molar-refractivity contribution < 1.29 is 4.79 Å². The van der Waals surface area contributed by atoms with E-state index in [1.165, 1.54) is 0 Å². The van der Waals surface area contributed by atoms with Gasteiger partial charge in [0, 0.05) is 23.2 Å². The Morgan fingerprint density at radius 1 is 1.62 bits per heavy atom. The summed E-state index contributed by atoms with van der Waals surface area (Å²) in [6, 6.07) is 3.26. The van der Waals surface area contributed by atoms with Crippen molar-refractivity contribution in [2.75, 3.05) is 5.32 Å². The number of amides is 1. The van der Waals surface area contributed by atoms with Crippen molar-refractivity contribution in [3.05, 3.63) is 23.4 Å². The van der Waals surface area contributed by atoms with Crippen LogP contribution in [0.3, 0.4) is 0 Å². The second-order valence-electron chi connectivity index (χ2n) is 4.40. The quantitative estimate of drug-likeness (QED) is 0.849. The smallest absolute Gasteiger partial charge is 0.225 e. The molecule has 0 unspecified atom stereocenters. The van der Waals surface area contributed by atoms with Crippen LogP contribution in [0.15, 0.2) is 18.3 Å². The van der Waals surface area contributed by atoms with E-state index in [-0.39, 0.29) is 11.4 Å². The fraction of sp³-hybridized carbons (Fsp3) is 0.455. The van der Waals surface area contributed by atoms with Gasteiger partial charge < -0.3 is 11.1 Å². The Balaban J connectivity index is 2.46. The Labute approximate surface area is 100 Å². The van der Waals surface area contributed by atoms with Gasteiger partial charge in [0.05, 0.1) is 0 Å². The summed E-state index contributed by atoms with van der Waals surface area (Å²) in [6.07, 6.45) is 2.54. The Bertz CT molecular complexity index is 374. The van der Waals surface area contributed by atoms with Gasteiger partial charge in [0.25, 0.3) is 0 Å². The molecular weight excluding hydrogens is 226 g/mol. The molecule has 0 saturated carbocycles. The highest BCUT2D eigenvalue weighted by molar-refractivity contribution is 6.30. The van der Waals surface area contributed by atoms with Gasteiger partial charge in [-0.05, 0) is 32.4 Å². The fourth-order valence-electron chi connectivity index (χ4n) is 1.11. The highest BCUT2D eigenvalue weighted by Gasteiger charge is 2.13. The third kappa shape index (κ3) is 5.09. The summed E-state index contributed by atoms with van der Waals surface area (Å²) in [7, 11) is 0. The lowest BCUT2D eigenvalue weighted by Crippen LogP contribution is -2.33. The van der Waals surface area contributed by atoms with Gasteiger partial charge in [-0.2, -0.15) is 0 Å². The number of pyridine rings is 1. The molecule has 1 rings (SSSR count). The number of hydrogen-bond donors (Lipinski definition) is 2. The molecule has 0 aromatic carbocycles. The van der Waals surface area contributed by atoms with Crippen LogP contribution >= 0.6 is 11.6 Å². The summed E-state index contributed by atoms with van der Waals surface area (Å²) in [6.45, 7) is 3.77. The van der Waals surface area contributed by atoms with E-state index in [2.05, 4.69) is 10.3 Å². The average molecular weight is 242 g/mol. The molecule has 88 valence electrons. The minimum Gasteiger partial charge on any atom is -0.326 e. The largest absolute Gasteiger partial charge is 0.326 e. The normalized spacial score (nSPS) is 11.2. The first-order valence-electron chi connectivity index (χ1n) is 5.07. The van der Waals surface area contributed by atoms with Crippen LogP contribution in [0.4, 0.5) is 5.82 Å². The van der Waals surface area contributed by atoms with E-state index < -0.39 is 0 Å². The van der Waals surface area contributed by atoms with E-state index in [1.54, 1.807) is 18.3 Å². The number of halogens is 1. The number of nitrogens with one attached hydrogen (secondary N) is 1. The van der Waals surface area contributed by atoms with Gasteiger partial charge in [-0.1, -0.05) is 11.6 Å². The zero-order valence-electron chi connectivity index (χ0n) is 9.46. The molecule has 1 aromatic heterocycles. The summed E-state index contributed by atoms with van der Waals surface area (Å²) in [4.78, 5) is 15.5. The molecule has 1 amide bonds. The highest BCUT2D eigenvalue weighted by Crippen LogP contribution is 2.13. The van der Waals surface area contributed by atoms with Crippen molar-refractivity contribution in [1.82, 2.24) is 4.98 Å². The van der Waals surface area contributed by atoms with Gasteiger partial charge in [-0.25, -0.2) is 4.98 Å². The molecule has 3 N–H and O–H groups in total. The lowest BCUT2D eigenvalue weighted by atomic mass is 10.00. The molecule has 0 aliphatic heterocycles. The zero-order chi connectivity index (χ0) is 12.2. The maximum Gasteiger partial charge on any atom is 0.225 e. The highest BCUT2D eigenvalue weighted by atomic mass is 35.5. The molecule has 16 heavy (non-hydrogen) atoms. The van der Waals surface area contributed by atoms with Crippen LogP contribution in [-0.4, -0.2) is 16.4 Å². The SMILES string of the molecule is CC(C)(N)CCC(=O)Nc1cc(Cl)ccn1. The molecule has 0 radical (unpaired) electrons. The van der Waals surface area contributed by atoms with Crippen LogP contribution < -0.4 is 11.1 Å². The standard InChI is InChI=1S/C11H16ClN3O/c1-11(2,13)5-3-10(16)15-9-7-8(12)4-6-14-9/h4,6-7H,3,5,13H2,1-2H3,(H,14,15,16). The molecule has 0 atom stereocenters. The van der Waals surface area contributed by atoms with Crippen molar-refractivity contribution in [1.29, 1.82) is 0 Å². The van der Waals surface area contributed by atoms with Gasteiger partial charge in [0.2, 0.25) is 5.91 Å². The molecule has 0 spiro atoms. The minimum atomic E-state index is -0.334. The fourth-order valence-corrected chi connectivity index (χ4v) is 1.27. The van der Waals surface area contributed by atoms with Crippen LogP contribution in [0.2, 0.25) is 5.02 Å². The number of hydrogen-bond acceptors (Lipinski definition) is 3. The maximum absolute atomic E-state index is 11.5. The Kier molecular flexibility index (Phi) is 4.26. The Morgan fingerprint density at radius 2 is 2.31 bits per heavy atom. The number of nitrogens with zero attached hydrogens (tertiary/aromatic N) is 1. The molecule has 0 aliphatic carbocycles. The predicted molar refractivity (Wildman–Crippen MR) is 65.4 cm³/mol. The number of rotatable bonds is 4. The topological polar surface area (TPSA) is 68.0 Å². The van der Waals surface area contributed by atoms with Crippen molar-refractivity contribution in [3.63, 3.8) is 0 Å². The molecule has 1 aromatic rings. The monoisotopic (exact) mass is 241 g/mol. The first kappa shape index (κ1) is 12.9. The number of aromatic nitrogens is 1. The van der Waals surface area contributed by atoms with Crippen molar-refractivity contribution in [3.8, 4) is 0 Å². The third-order valence-electron chi connectivity index (χ3n) is 1.99. The summed E-state index contributed by atoms with van der Waals surface area (Å²) >= 11 is 5.77. The van der Waals surface area contributed by atoms with Gasteiger partial charge in [-0.15, -0.1) is 0 Å². The zero-order valence-corrected chi connectivity index (χ0v) is 10.2. The average Bonchev–Trinajstić information content (AvgIpc) is 2.14. The van der Waals surface area contributed by atoms with Crippen LogP contribution in [0.5, 0.6) is 0 Å². The van der Waals surface area contributed by atoms with Crippen molar-refractivity contribution in [2.24, 2.45) is 5.73 Å². The van der Waals surface area contributed by atoms with Crippen LogP contribution in [0.25, 0.3) is 0 Å². The molecular formula is C11H16ClN3O. The second kappa shape index (κ2) is 5.27. The van der Waals surface area contributed by atoms with E-state index in [4.69, 9.17) is 17.3 Å². The summed E-state index contributed by atoms with van der Waals surface area (Å²) in [5, 5.41) is 3.21. The number of nitrogens with two attached hydrogens (primary N) is 1. The molecule has 0 bridgehead atoms. The van der Waals surface area contributed by atoms with Crippen LogP contribution in [0.1, 0.15) is 26.7 Å². The predicted octanol–water partition coefficient (Wildman–Crippen LogP) is 2.19. The van der Waals surface area contributed by atoms with E-state index in [0.29, 0.717) is 23.7 Å². The van der Waals surface area contributed by atoms with E-state index in [0.717, 1.165) is 0 Å². The van der Waals surface area contributed by atoms with E-state index in [1.807, 2.05) is 13.8 Å². The Morgan fingerprint density at radius 3 is 2.88 bits per heavy atom. The van der Waals surface area contributed by atoms with Crippen LogP contribution in [-0.2, 0) is 4.79 Å². The van der Waals surface area contributed by atoms with Crippen molar-refractivity contribution in [2.45, 2.75) is 32.2 Å². The van der Waals surface area contributed by atoms with E-state index >= 15 is 0 Å². The summed E-state index contributed by atoms with van der Waals surface area (Å²) in [5.41, 5.74) is 5.45. The summed E-state index contributed by atoms with van der Waals surface area (Å²) in [5.74, 6) is 0.362. The van der Waals surface area contributed by atoms with Gasteiger partial charge in [-0.3, -0.25) is 4.79 Å². The molecule has 0 saturated heterocycles. The van der Waals surface area contributed by atoms with Crippen molar-refractivity contribution >= 4 is 23.3 Å². The first-order chi connectivity index (χ1) is 7.37. The number of carbonyl (C=O) groups is 1.